The van der Waals surface area contributed by atoms with E-state index in [0.29, 0.717) is 45.7 Å². The third-order valence-electron chi connectivity index (χ3n) is 7.11. The Morgan fingerprint density at radius 1 is 0.977 bits per heavy atom. The van der Waals surface area contributed by atoms with Gasteiger partial charge in [0.1, 0.15) is 15.8 Å². The summed E-state index contributed by atoms with van der Waals surface area (Å²) in [5.41, 5.74) is 3.63. The zero-order valence-electron chi connectivity index (χ0n) is 24.8. The van der Waals surface area contributed by atoms with Crippen molar-refractivity contribution in [3.63, 3.8) is 0 Å². The van der Waals surface area contributed by atoms with Crippen LogP contribution in [0.4, 0.5) is 0 Å². The zero-order chi connectivity index (χ0) is 31.3. The summed E-state index contributed by atoms with van der Waals surface area (Å²) in [5, 5.41) is 4.87. The molecule has 2 heterocycles. The van der Waals surface area contributed by atoms with Gasteiger partial charge in [0.05, 0.1) is 29.1 Å². The summed E-state index contributed by atoms with van der Waals surface area (Å²) in [4.78, 5) is 15.8. The first-order chi connectivity index (χ1) is 21.2. The van der Waals surface area contributed by atoms with Gasteiger partial charge in [-0.3, -0.25) is 9.69 Å². The first-order valence-corrected chi connectivity index (χ1v) is 17.1. The van der Waals surface area contributed by atoms with E-state index in [-0.39, 0.29) is 10.8 Å². The molecule has 0 bridgehead atoms. The molecule has 1 saturated heterocycles. The fraction of sp³-hybridized carbons (Fsp3) is 0.242. The van der Waals surface area contributed by atoms with Crippen molar-refractivity contribution in [2.75, 3.05) is 20.2 Å². The van der Waals surface area contributed by atoms with Crippen LogP contribution in [0.25, 0.3) is 23.0 Å². The lowest BCUT2D eigenvalue weighted by atomic mass is 10.1. The van der Waals surface area contributed by atoms with E-state index in [2.05, 4.69) is 0 Å². The second-order valence-corrected chi connectivity index (χ2v) is 13.9. The Labute approximate surface area is 268 Å². The van der Waals surface area contributed by atoms with Crippen LogP contribution in [0.5, 0.6) is 5.75 Å². The van der Waals surface area contributed by atoms with Crippen molar-refractivity contribution >= 4 is 50.3 Å². The molecule has 228 valence electrons. The molecule has 1 amide bonds. The number of carbonyl (C=O) groups excluding carboxylic acids is 1. The molecule has 0 spiro atoms. The quantitative estimate of drug-likeness (QED) is 0.124. The zero-order valence-corrected chi connectivity index (χ0v) is 27.3. The highest BCUT2D eigenvalue weighted by Crippen LogP contribution is 2.36. The van der Waals surface area contributed by atoms with Gasteiger partial charge in [-0.15, -0.1) is 0 Å². The van der Waals surface area contributed by atoms with Crippen LogP contribution in [-0.4, -0.2) is 57.8 Å². The number of benzene rings is 3. The normalized spacial score (nSPS) is 14.6. The van der Waals surface area contributed by atoms with E-state index in [9.17, 15) is 13.2 Å². The maximum Gasteiger partial charge on any atom is 0.266 e. The molecule has 0 atom stereocenters. The van der Waals surface area contributed by atoms with Crippen molar-refractivity contribution < 1.29 is 17.9 Å². The summed E-state index contributed by atoms with van der Waals surface area (Å²) in [7, 11) is -2.09. The largest absolute Gasteiger partial charge is 0.497 e. The Bertz CT molecular complexity index is 1780. The molecule has 0 unspecified atom stereocenters. The smallest absolute Gasteiger partial charge is 0.266 e. The van der Waals surface area contributed by atoms with Crippen molar-refractivity contribution in [3.8, 4) is 22.7 Å². The molecule has 4 aromatic rings. The van der Waals surface area contributed by atoms with Gasteiger partial charge in [-0.25, -0.2) is 13.1 Å². The first-order valence-electron chi connectivity index (χ1n) is 14.4. The third kappa shape index (κ3) is 6.81. The molecule has 0 saturated carbocycles. The molecule has 8 nitrogen and oxygen atoms in total. The molecule has 11 heteroatoms. The average Bonchev–Trinajstić information content (AvgIpc) is 3.58. The van der Waals surface area contributed by atoms with E-state index >= 15 is 0 Å². The number of amides is 1. The fourth-order valence-corrected chi connectivity index (χ4v) is 7.84. The summed E-state index contributed by atoms with van der Waals surface area (Å²) in [6.45, 7) is 5.18. The Kier molecular flexibility index (Phi) is 10.00. The SMILES string of the molecule is CCCN(CCC)S(=O)(=O)c1cccc(-c2nn(-c3ccccc3)cc2/C=C2\SC(=S)N(Cc3ccc(OC)cc3)C2=O)c1. The molecule has 1 aliphatic rings. The number of para-hydroxylation sites is 1. The standard InChI is InChI=1S/C33H34N4O4S3/c1-4-18-35(19-5-2)44(39,40)29-13-9-10-25(20-29)31-26(23-37(34-31)27-11-7-6-8-12-27)21-30-32(38)36(33(42)43-30)22-24-14-16-28(41-3)17-15-24/h6-17,20-21,23H,4-5,18-19,22H2,1-3H3/b30-21-. The summed E-state index contributed by atoms with van der Waals surface area (Å²) >= 11 is 6.84. The Morgan fingerprint density at radius 3 is 2.34 bits per heavy atom. The van der Waals surface area contributed by atoms with Crippen molar-refractivity contribution in [2.45, 2.75) is 38.1 Å². The van der Waals surface area contributed by atoms with E-state index in [0.717, 1.165) is 29.8 Å². The number of rotatable bonds is 12. The third-order valence-corrected chi connectivity index (χ3v) is 10.4. The number of nitrogens with zero attached hydrogens (tertiary/aromatic N) is 4. The van der Waals surface area contributed by atoms with Gasteiger partial charge in [-0.1, -0.05) is 80.3 Å². The van der Waals surface area contributed by atoms with Gasteiger partial charge < -0.3 is 4.74 Å². The summed E-state index contributed by atoms with van der Waals surface area (Å²) in [5.74, 6) is 0.544. The maximum atomic E-state index is 13.6. The van der Waals surface area contributed by atoms with Gasteiger partial charge in [-0.2, -0.15) is 9.40 Å². The summed E-state index contributed by atoms with van der Waals surface area (Å²) in [6, 6.07) is 24.0. The van der Waals surface area contributed by atoms with Gasteiger partial charge >= 0.3 is 0 Å². The van der Waals surface area contributed by atoms with Gasteiger partial charge in [0, 0.05) is 30.4 Å². The number of thiocarbonyl (C=S) groups is 1. The highest BCUT2D eigenvalue weighted by Gasteiger charge is 2.33. The van der Waals surface area contributed by atoms with Crippen LogP contribution in [-0.2, 0) is 21.4 Å². The van der Waals surface area contributed by atoms with E-state index < -0.39 is 10.0 Å². The predicted octanol–water partition coefficient (Wildman–Crippen LogP) is 6.76. The molecular weight excluding hydrogens is 613 g/mol. The monoisotopic (exact) mass is 646 g/mol. The van der Waals surface area contributed by atoms with E-state index in [1.807, 2.05) is 80.7 Å². The minimum absolute atomic E-state index is 0.194. The van der Waals surface area contributed by atoms with Crippen LogP contribution >= 0.6 is 24.0 Å². The number of aromatic nitrogens is 2. The molecule has 3 aromatic carbocycles. The second kappa shape index (κ2) is 13.9. The summed E-state index contributed by atoms with van der Waals surface area (Å²) in [6.07, 6.45) is 5.08. The lowest BCUT2D eigenvalue weighted by molar-refractivity contribution is -0.122. The fourth-order valence-electron chi connectivity index (χ4n) is 4.93. The second-order valence-electron chi connectivity index (χ2n) is 10.3. The van der Waals surface area contributed by atoms with Gasteiger partial charge in [0.15, 0.2) is 0 Å². The van der Waals surface area contributed by atoms with Crippen LogP contribution in [0.15, 0.2) is 94.9 Å². The number of hydrogen-bond acceptors (Lipinski definition) is 7. The Balaban J connectivity index is 1.53. The Hall–Kier alpha value is -3.77. The number of sulfonamides is 1. The lowest BCUT2D eigenvalue weighted by Crippen LogP contribution is -2.32. The molecule has 0 aliphatic carbocycles. The van der Waals surface area contributed by atoms with Gasteiger partial charge in [0.25, 0.3) is 5.91 Å². The van der Waals surface area contributed by atoms with Crippen LogP contribution in [0.3, 0.4) is 0 Å². The molecule has 1 aromatic heterocycles. The van der Waals surface area contributed by atoms with Crippen LogP contribution in [0, 0.1) is 0 Å². The molecule has 0 radical (unpaired) electrons. The first kappa shape index (κ1) is 31.6. The van der Waals surface area contributed by atoms with E-state index in [4.69, 9.17) is 22.1 Å². The topological polar surface area (TPSA) is 84.7 Å². The number of ether oxygens (including phenoxy) is 1. The number of carbonyl (C=O) groups is 1. The van der Waals surface area contributed by atoms with Gasteiger partial charge in [-0.05, 0) is 60.9 Å². The van der Waals surface area contributed by atoms with Gasteiger partial charge in [0.2, 0.25) is 10.0 Å². The van der Waals surface area contributed by atoms with Crippen LogP contribution in [0.1, 0.15) is 37.8 Å². The van der Waals surface area contributed by atoms with Crippen molar-refractivity contribution in [3.05, 3.63) is 101 Å². The number of hydrogen-bond donors (Lipinski definition) is 0. The minimum Gasteiger partial charge on any atom is -0.497 e. The highest BCUT2D eigenvalue weighted by molar-refractivity contribution is 8.26. The Morgan fingerprint density at radius 2 is 1.68 bits per heavy atom. The minimum atomic E-state index is -3.70. The van der Waals surface area contributed by atoms with E-state index in [1.165, 1.54) is 16.1 Å². The molecular formula is C33H34N4O4S3. The van der Waals surface area contributed by atoms with Crippen molar-refractivity contribution in [1.82, 2.24) is 19.0 Å². The average molecular weight is 647 g/mol. The lowest BCUT2D eigenvalue weighted by Gasteiger charge is -2.21. The van der Waals surface area contributed by atoms with Crippen molar-refractivity contribution in [1.29, 1.82) is 0 Å². The number of thioether (sulfide) groups is 1. The van der Waals surface area contributed by atoms with Crippen LogP contribution in [0.2, 0.25) is 0 Å². The van der Waals surface area contributed by atoms with Crippen LogP contribution < -0.4 is 4.74 Å². The van der Waals surface area contributed by atoms with Crippen molar-refractivity contribution in [2.24, 2.45) is 0 Å². The highest BCUT2D eigenvalue weighted by atomic mass is 32.2. The molecule has 1 aliphatic heterocycles. The molecule has 5 rings (SSSR count). The summed E-state index contributed by atoms with van der Waals surface area (Å²) < 4.78 is 36.2. The van der Waals surface area contributed by atoms with E-state index in [1.54, 1.807) is 41.0 Å². The predicted molar refractivity (Wildman–Crippen MR) is 180 cm³/mol. The maximum absolute atomic E-state index is 13.6. The molecule has 1 fully saturated rings. The number of methoxy groups -OCH3 is 1. The molecule has 0 N–H and O–H groups in total. The molecule has 44 heavy (non-hydrogen) atoms.